The molecule has 0 saturated heterocycles. The highest BCUT2D eigenvalue weighted by Crippen LogP contribution is 2.27. The third-order valence-electron chi connectivity index (χ3n) is 3.54. The van der Waals surface area contributed by atoms with E-state index in [1.807, 2.05) is 6.92 Å². The smallest absolute Gasteiger partial charge is 0.311 e. The molecule has 0 aromatic carbocycles. The van der Waals surface area contributed by atoms with Crippen molar-refractivity contribution in [1.82, 2.24) is 5.32 Å². The predicted octanol–water partition coefficient (Wildman–Crippen LogP) is 1.01. The van der Waals surface area contributed by atoms with Gasteiger partial charge in [-0.05, 0) is 27.2 Å². The van der Waals surface area contributed by atoms with Crippen LogP contribution >= 0.6 is 0 Å². The molecule has 0 aromatic rings. The molecule has 2 atom stereocenters. The molecule has 0 radical (unpaired) electrons. The Bertz CT molecular complexity index is 358. The number of rotatable bonds is 12. The molecule has 136 valence electrons. The van der Waals surface area contributed by atoms with Gasteiger partial charge in [0.25, 0.3) is 0 Å². The number of hydrogen-bond acceptors (Lipinski definition) is 7. The molecule has 0 rings (SSSR count). The summed E-state index contributed by atoms with van der Waals surface area (Å²) in [6, 6.07) is 0.0697. The molecule has 0 aromatic heterocycles. The first-order valence-corrected chi connectivity index (χ1v) is 7.74. The van der Waals surface area contributed by atoms with Gasteiger partial charge in [0.2, 0.25) is 0 Å². The quantitative estimate of drug-likeness (QED) is 0.421. The monoisotopic (exact) mass is 333 g/mol. The molecule has 0 aliphatic rings. The molecule has 0 aliphatic carbocycles. The molecule has 0 amide bonds. The zero-order valence-corrected chi connectivity index (χ0v) is 15.1. The summed E-state index contributed by atoms with van der Waals surface area (Å²) >= 11 is 0. The highest BCUT2D eigenvalue weighted by molar-refractivity contribution is 5.78. The van der Waals surface area contributed by atoms with Crippen LogP contribution in [-0.4, -0.2) is 65.7 Å². The van der Waals surface area contributed by atoms with Crippen LogP contribution in [0.3, 0.4) is 0 Å². The van der Waals surface area contributed by atoms with Crippen LogP contribution in [-0.2, 0) is 28.5 Å². The number of hydrogen-bond donors (Lipinski definition) is 1. The molecule has 7 heteroatoms. The first kappa shape index (κ1) is 21.8. The number of methoxy groups -OCH3 is 3. The van der Waals surface area contributed by atoms with Gasteiger partial charge in [0.15, 0.2) is 0 Å². The standard InChI is InChI=1S/C16H31NO6/c1-12(11-23-8-7-20-4)17-10-13(14(18)21-5)9-16(2,3)15(19)22-6/h12-13,17H,7-11H2,1-6H3. The van der Waals surface area contributed by atoms with Crippen molar-refractivity contribution in [3.8, 4) is 0 Å². The van der Waals surface area contributed by atoms with Crippen molar-refractivity contribution in [2.24, 2.45) is 11.3 Å². The fraction of sp³-hybridized carbons (Fsp3) is 0.875. The van der Waals surface area contributed by atoms with Gasteiger partial charge in [0.05, 0.1) is 45.4 Å². The maximum Gasteiger partial charge on any atom is 0.311 e. The fourth-order valence-electron chi connectivity index (χ4n) is 2.19. The van der Waals surface area contributed by atoms with Gasteiger partial charge < -0.3 is 24.3 Å². The van der Waals surface area contributed by atoms with E-state index in [9.17, 15) is 9.59 Å². The molecule has 23 heavy (non-hydrogen) atoms. The van der Waals surface area contributed by atoms with Crippen LogP contribution in [0.5, 0.6) is 0 Å². The van der Waals surface area contributed by atoms with Crippen molar-refractivity contribution in [3.05, 3.63) is 0 Å². The van der Waals surface area contributed by atoms with Crippen molar-refractivity contribution in [2.45, 2.75) is 33.2 Å². The Morgan fingerprint density at radius 1 is 1.09 bits per heavy atom. The van der Waals surface area contributed by atoms with Crippen LogP contribution < -0.4 is 5.32 Å². The minimum absolute atomic E-state index is 0.0697. The lowest BCUT2D eigenvalue weighted by atomic mass is 9.82. The summed E-state index contributed by atoms with van der Waals surface area (Å²) in [5.74, 6) is -1.13. The first-order chi connectivity index (χ1) is 10.8. The molecule has 0 fully saturated rings. The second kappa shape index (κ2) is 11.4. The Morgan fingerprint density at radius 2 is 1.74 bits per heavy atom. The molecule has 2 unspecified atom stereocenters. The lowest BCUT2D eigenvalue weighted by Gasteiger charge is -2.27. The fourth-order valence-corrected chi connectivity index (χ4v) is 2.19. The van der Waals surface area contributed by atoms with Gasteiger partial charge in [0, 0.05) is 19.7 Å². The first-order valence-electron chi connectivity index (χ1n) is 7.74. The van der Waals surface area contributed by atoms with Gasteiger partial charge >= 0.3 is 11.9 Å². The van der Waals surface area contributed by atoms with Crippen LogP contribution in [0.25, 0.3) is 0 Å². The van der Waals surface area contributed by atoms with E-state index in [4.69, 9.17) is 18.9 Å². The molecular weight excluding hydrogens is 302 g/mol. The molecular formula is C16H31NO6. The lowest BCUT2D eigenvalue weighted by molar-refractivity contribution is -0.154. The normalized spacial score (nSPS) is 14.2. The van der Waals surface area contributed by atoms with Gasteiger partial charge in [-0.15, -0.1) is 0 Å². The van der Waals surface area contributed by atoms with Gasteiger partial charge in [0.1, 0.15) is 0 Å². The van der Waals surface area contributed by atoms with E-state index in [1.165, 1.54) is 14.2 Å². The molecule has 0 spiro atoms. The van der Waals surface area contributed by atoms with E-state index in [2.05, 4.69) is 5.32 Å². The van der Waals surface area contributed by atoms with Gasteiger partial charge in [-0.2, -0.15) is 0 Å². The Morgan fingerprint density at radius 3 is 2.26 bits per heavy atom. The van der Waals surface area contributed by atoms with Crippen molar-refractivity contribution in [3.63, 3.8) is 0 Å². The summed E-state index contributed by atoms with van der Waals surface area (Å²) < 4.78 is 20.0. The summed E-state index contributed by atoms with van der Waals surface area (Å²) in [5.41, 5.74) is -0.756. The summed E-state index contributed by atoms with van der Waals surface area (Å²) in [5, 5.41) is 3.24. The molecule has 0 aliphatic heterocycles. The molecule has 0 saturated carbocycles. The minimum Gasteiger partial charge on any atom is -0.469 e. The van der Waals surface area contributed by atoms with E-state index in [0.29, 0.717) is 32.8 Å². The minimum atomic E-state index is -0.756. The average Bonchev–Trinajstić information content (AvgIpc) is 2.53. The van der Waals surface area contributed by atoms with Crippen LogP contribution in [0.4, 0.5) is 0 Å². The van der Waals surface area contributed by atoms with Gasteiger partial charge in [-0.1, -0.05) is 0 Å². The Labute approximate surface area is 139 Å². The second-order valence-corrected chi connectivity index (χ2v) is 6.18. The van der Waals surface area contributed by atoms with Crippen LogP contribution in [0, 0.1) is 11.3 Å². The summed E-state index contributed by atoms with van der Waals surface area (Å²) in [6.45, 7) is 7.47. The summed E-state index contributed by atoms with van der Waals surface area (Å²) in [6.07, 6.45) is 0.344. The van der Waals surface area contributed by atoms with Crippen LogP contribution in [0.15, 0.2) is 0 Å². The average molecular weight is 333 g/mol. The number of nitrogens with one attached hydrogen (secondary N) is 1. The molecule has 0 heterocycles. The van der Waals surface area contributed by atoms with Crippen molar-refractivity contribution >= 4 is 11.9 Å². The van der Waals surface area contributed by atoms with E-state index >= 15 is 0 Å². The van der Waals surface area contributed by atoms with Gasteiger partial charge in [-0.3, -0.25) is 9.59 Å². The molecule has 0 bridgehead atoms. The molecule has 7 nitrogen and oxygen atoms in total. The Balaban J connectivity index is 4.46. The third kappa shape index (κ3) is 8.88. The number of ether oxygens (including phenoxy) is 4. The number of esters is 2. The summed E-state index contributed by atoms with van der Waals surface area (Å²) in [7, 11) is 4.31. The predicted molar refractivity (Wildman–Crippen MR) is 86.1 cm³/mol. The summed E-state index contributed by atoms with van der Waals surface area (Å²) in [4.78, 5) is 23.7. The van der Waals surface area contributed by atoms with E-state index in [0.717, 1.165) is 0 Å². The largest absolute Gasteiger partial charge is 0.469 e. The number of carbonyl (C=O) groups excluding carboxylic acids is 2. The van der Waals surface area contributed by atoms with E-state index in [1.54, 1.807) is 21.0 Å². The highest BCUT2D eigenvalue weighted by atomic mass is 16.5. The maximum atomic E-state index is 12.0. The van der Waals surface area contributed by atoms with Crippen LogP contribution in [0.1, 0.15) is 27.2 Å². The Kier molecular flexibility index (Phi) is 10.8. The SMILES string of the molecule is COCCOCC(C)NCC(CC(C)(C)C(=O)OC)C(=O)OC. The van der Waals surface area contributed by atoms with Crippen molar-refractivity contribution < 1.29 is 28.5 Å². The highest BCUT2D eigenvalue weighted by Gasteiger charge is 2.35. The number of carbonyl (C=O) groups is 2. The van der Waals surface area contributed by atoms with Crippen molar-refractivity contribution in [2.75, 3.05) is 47.7 Å². The van der Waals surface area contributed by atoms with Crippen LogP contribution in [0.2, 0.25) is 0 Å². The Hall–Kier alpha value is -1.18. The van der Waals surface area contributed by atoms with Crippen molar-refractivity contribution in [1.29, 1.82) is 0 Å². The lowest BCUT2D eigenvalue weighted by Crippen LogP contribution is -2.40. The van der Waals surface area contributed by atoms with E-state index < -0.39 is 11.3 Å². The van der Waals surface area contributed by atoms with Gasteiger partial charge in [-0.25, -0.2) is 0 Å². The zero-order chi connectivity index (χ0) is 17.9. The zero-order valence-electron chi connectivity index (χ0n) is 15.1. The van der Waals surface area contributed by atoms with E-state index in [-0.39, 0.29) is 18.0 Å². The second-order valence-electron chi connectivity index (χ2n) is 6.18. The maximum absolute atomic E-state index is 12.0. The molecule has 1 N–H and O–H groups in total. The third-order valence-corrected chi connectivity index (χ3v) is 3.54. The topological polar surface area (TPSA) is 83.1 Å².